The Balaban J connectivity index is 1.69. The van der Waals surface area contributed by atoms with Gasteiger partial charge in [-0.2, -0.15) is 0 Å². The number of carboxylic acid groups (broad SMARTS) is 1. The first-order chi connectivity index (χ1) is 13.8. The van der Waals surface area contributed by atoms with Crippen LogP contribution < -0.4 is 0 Å². The van der Waals surface area contributed by atoms with Crippen molar-refractivity contribution in [2.45, 2.75) is 49.5 Å². The van der Waals surface area contributed by atoms with Crippen LogP contribution in [-0.2, 0) is 19.1 Å². The van der Waals surface area contributed by atoms with Gasteiger partial charge in [0.05, 0.1) is 18.4 Å². The molecule has 1 heterocycles. The molecule has 29 heavy (non-hydrogen) atoms. The summed E-state index contributed by atoms with van der Waals surface area (Å²) >= 11 is 12.2. The van der Waals surface area contributed by atoms with Crippen LogP contribution in [0.3, 0.4) is 0 Å². The summed E-state index contributed by atoms with van der Waals surface area (Å²) in [4.78, 5) is 28.4. The normalized spacial score (nSPS) is 32.5. The monoisotopic (exact) mass is 441 g/mol. The molecule has 0 spiro atoms. The zero-order valence-corrected chi connectivity index (χ0v) is 17.8. The summed E-state index contributed by atoms with van der Waals surface area (Å²) in [5.74, 6) is -1.05. The smallest absolute Gasteiger partial charge is 0.335 e. The van der Waals surface area contributed by atoms with Crippen LogP contribution in [0.2, 0.25) is 0 Å². The fourth-order valence-corrected chi connectivity index (χ4v) is 4.79. The van der Waals surface area contributed by atoms with Crippen molar-refractivity contribution in [1.82, 2.24) is 0 Å². The highest BCUT2D eigenvalue weighted by Gasteiger charge is 2.44. The predicted octanol–water partition coefficient (Wildman–Crippen LogP) is 4.22. The maximum atomic E-state index is 12.5. The van der Waals surface area contributed by atoms with Gasteiger partial charge >= 0.3 is 5.97 Å². The maximum Gasteiger partial charge on any atom is 0.335 e. The minimum Gasteiger partial charge on any atom is -0.496 e. The number of amides is 1. The van der Waals surface area contributed by atoms with Gasteiger partial charge in [0.25, 0.3) is 5.91 Å². The Labute approximate surface area is 180 Å². The van der Waals surface area contributed by atoms with Gasteiger partial charge in [-0.25, -0.2) is 9.79 Å². The number of rotatable bonds is 6. The zero-order valence-electron chi connectivity index (χ0n) is 16.3. The van der Waals surface area contributed by atoms with Crippen LogP contribution in [0.5, 0.6) is 0 Å². The Hall–Kier alpha value is -1.63. The number of halogens is 2. The SMILES string of the molecule is COC1=C(C=NC(=O)C2CCC(Cl)=CC2Cl)CC(CC2(C(=O)O)CCCO2)C=C1. The highest BCUT2D eigenvalue weighted by Crippen LogP contribution is 2.37. The predicted molar refractivity (Wildman–Crippen MR) is 111 cm³/mol. The Kier molecular flexibility index (Phi) is 7.19. The number of alkyl halides is 1. The second-order valence-electron chi connectivity index (χ2n) is 7.67. The largest absolute Gasteiger partial charge is 0.496 e. The Morgan fingerprint density at radius 3 is 2.90 bits per heavy atom. The van der Waals surface area contributed by atoms with Crippen LogP contribution >= 0.6 is 23.2 Å². The van der Waals surface area contributed by atoms with E-state index in [1.54, 1.807) is 19.3 Å². The van der Waals surface area contributed by atoms with Crippen molar-refractivity contribution in [3.05, 3.63) is 34.6 Å². The molecule has 3 aliphatic rings. The summed E-state index contributed by atoms with van der Waals surface area (Å²) in [6.45, 7) is 0.462. The summed E-state index contributed by atoms with van der Waals surface area (Å²) in [5.41, 5.74) is -0.389. The molecule has 1 amide bonds. The number of ether oxygens (including phenoxy) is 2. The van der Waals surface area contributed by atoms with E-state index in [2.05, 4.69) is 4.99 Å². The number of hydrogen-bond acceptors (Lipinski definition) is 4. The van der Waals surface area contributed by atoms with Gasteiger partial charge < -0.3 is 14.6 Å². The van der Waals surface area contributed by atoms with E-state index < -0.39 is 22.9 Å². The molecule has 0 radical (unpaired) electrons. The molecular weight excluding hydrogens is 417 g/mol. The lowest BCUT2D eigenvalue weighted by Crippen LogP contribution is -2.40. The number of aliphatic imine (C=N–C) groups is 1. The van der Waals surface area contributed by atoms with Gasteiger partial charge in [0.2, 0.25) is 0 Å². The lowest BCUT2D eigenvalue weighted by molar-refractivity contribution is -0.161. The molecule has 0 aromatic rings. The molecule has 0 saturated carbocycles. The minimum absolute atomic E-state index is 0.0446. The summed E-state index contributed by atoms with van der Waals surface area (Å²) in [6.07, 6.45) is 10.3. The van der Waals surface area contributed by atoms with E-state index in [-0.39, 0.29) is 11.8 Å². The first-order valence-corrected chi connectivity index (χ1v) is 10.6. The number of hydrogen-bond donors (Lipinski definition) is 1. The molecule has 0 aromatic carbocycles. The van der Waals surface area contributed by atoms with Gasteiger partial charge in [-0.1, -0.05) is 23.8 Å². The van der Waals surface area contributed by atoms with Gasteiger partial charge in [0.15, 0.2) is 5.60 Å². The first-order valence-electron chi connectivity index (χ1n) is 9.75. The molecule has 1 saturated heterocycles. The molecule has 1 N–H and O–H groups in total. The fraction of sp³-hybridized carbons (Fsp3) is 0.571. The Morgan fingerprint density at radius 1 is 1.48 bits per heavy atom. The summed E-state index contributed by atoms with van der Waals surface area (Å²) < 4.78 is 11.0. The minimum atomic E-state index is -1.14. The standard InChI is InChI=1S/C21H25Cl2NO5/c1-28-18-6-3-13(11-21(20(26)27)7-2-8-29-21)9-14(18)12-24-19(25)16-5-4-15(22)10-17(16)23/h3,6,10,12-13,16-17H,2,4-5,7-9,11H2,1H3,(H,26,27). The number of nitrogens with zero attached hydrogens (tertiary/aromatic N) is 1. The van der Waals surface area contributed by atoms with Gasteiger partial charge in [-0.3, -0.25) is 4.79 Å². The number of carbonyl (C=O) groups is 2. The molecule has 4 atom stereocenters. The number of carboxylic acids is 1. The van der Waals surface area contributed by atoms with E-state index in [4.69, 9.17) is 32.7 Å². The second kappa shape index (κ2) is 9.45. The van der Waals surface area contributed by atoms with Crippen LogP contribution in [0.25, 0.3) is 0 Å². The molecule has 2 aliphatic carbocycles. The van der Waals surface area contributed by atoms with Crippen molar-refractivity contribution in [1.29, 1.82) is 0 Å². The summed E-state index contributed by atoms with van der Waals surface area (Å²) in [5, 5.41) is 9.84. The number of allylic oxidation sites excluding steroid dienone is 5. The molecule has 0 aromatic heterocycles. The van der Waals surface area contributed by atoms with Crippen molar-refractivity contribution in [2.75, 3.05) is 13.7 Å². The van der Waals surface area contributed by atoms with Gasteiger partial charge in [-0.15, -0.1) is 11.6 Å². The van der Waals surface area contributed by atoms with Crippen molar-refractivity contribution < 1.29 is 24.2 Å². The highest BCUT2D eigenvalue weighted by molar-refractivity contribution is 6.31. The van der Waals surface area contributed by atoms with Crippen molar-refractivity contribution in [3.63, 3.8) is 0 Å². The van der Waals surface area contributed by atoms with E-state index in [0.29, 0.717) is 49.5 Å². The van der Waals surface area contributed by atoms with E-state index in [0.717, 1.165) is 12.0 Å². The van der Waals surface area contributed by atoms with Crippen molar-refractivity contribution >= 4 is 41.3 Å². The molecule has 3 rings (SSSR count). The lowest BCUT2D eigenvalue weighted by atomic mass is 9.82. The zero-order chi connectivity index (χ0) is 21.0. The number of carbonyl (C=O) groups excluding carboxylic acids is 1. The quantitative estimate of drug-likeness (QED) is 0.492. The number of aliphatic carboxylic acids is 1. The summed E-state index contributed by atoms with van der Waals surface area (Å²) in [7, 11) is 1.55. The van der Waals surface area contributed by atoms with E-state index in [9.17, 15) is 14.7 Å². The summed E-state index contributed by atoms with van der Waals surface area (Å²) in [6, 6.07) is 0. The molecule has 6 nitrogen and oxygen atoms in total. The highest BCUT2D eigenvalue weighted by atomic mass is 35.5. The first kappa shape index (κ1) is 22.1. The van der Waals surface area contributed by atoms with Gasteiger partial charge in [0, 0.05) is 23.4 Å². The van der Waals surface area contributed by atoms with Crippen molar-refractivity contribution in [2.24, 2.45) is 16.8 Å². The van der Waals surface area contributed by atoms with Crippen LogP contribution in [-0.4, -0.2) is 47.9 Å². The molecule has 4 unspecified atom stereocenters. The number of methoxy groups -OCH3 is 1. The molecular formula is C21H25Cl2NO5. The van der Waals surface area contributed by atoms with Crippen LogP contribution in [0.1, 0.15) is 38.5 Å². The Bertz CT molecular complexity index is 780. The third-order valence-electron chi connectivity index (χ3n) is 5.71. The molecule has 158 valence electrons. The molecule has 0 bridgehead atoms. The Morgan fingerprint density at radius 2 is 2.28 bits per heavy atom. The average Bonchev–Trinajstić information content (AvgIpc) is 3.16. The topological polar surface area (TPSA) is 85.2 Å². The van der Waals surface area contributed by atoms with Crippen LogP contribution in [0.4, 0.5) is 0 Å². The van der Waals surface area contributed by atoms with Gasteiger partial charge in [0.1, 0.15) is 5.76 Å². The molecule has 1 fully saturated rings. The lowest BCUT2D eigenvalue weighted by Gasteiger charge is -2.29. The average molecular weight is 442 g/mol. The van der Waals surface area contributed by atoms with Crippen LogP contribution in [0, 0.1) is 11.8 Å². The third kappa shape index (κ3) is 5.11. The van der Waals surface area contributed by atoms with E-state index in [1.807, 2.05) is 6.08 Å². The fourth-order valence-electron chi connectivity index (χ4n) is 4.10. The second-order valence-corrected chi connectivity index (χ2v) is 8.66. The maximum absolute atomic E-state index is 12.5. The van der Waals surface area contributed by atoms with Crippen molar-refractivity contribution in [3.8, 4) is 0 Å². The van der Waals surface area contributed by atoms with E-state index >= 15 is 0 Å². The van der Waals surface area contributed by atoms with Crippen LogP contribution in [0.15, 0.2) is 39.6 Å². The van der Waals surface area contributed by atoms with Gasteiger partial charge in [-0.05, 0) is 50.5 Å². The molecule has 8 heteroatoms. The van der Waals surface area contributed by atoms with E-state index in [1.165, 1.54) is 6.21 Å². The third-order valence-corrected chi connectivity index (χ3v) is 6.45. The molecule has 1 aliphatic heterocycles.